The van der Waals surface area contributed by atoms with Gasteiger partial charge in [-0.3, -0.25) is 19.1 Å². The van der Waals surface area contributed by atoms with Gasteiger partial charge in [0, 0.05) is 19.3 Å². The molecular weight excluding hydrogens is 473 g/mol. The number of nitrogen functional groups attached to an aromatic ring is 1. The standard InChI is InChI=1S/C24H26FN5O6/c1-35-11-10-29(19(31)13-27-16-8-9-18(25)17(12-16)23(33)36-2)20-21(26)30(24(34)28-22(20)32)14-15-6-4-3-5-7-15/h3-9,12,27H,10-11,13-14,26H2,1-2H3,(H,28,32,34). The molecule has 0 aliphatic rings. The van der Waals surface area contributed by atoms with E-state index in [0.29, 0.717) is 0 Å². The Morgan fingerprint density at radius 2 is 1.86 bits per heavy atom. The van der Waals surface area contributed by atoms with Crippen LogP contribution in [0.1, 0.15) is 15.9 Å². The average Bonchev–Trinajstić information content (AvgIpc) is 2.87. The molecule has 0 atom stereocenters. The van der Waals surface area contributed by atoms with Crippen LogP contribution in [0.25, 0.3) is 0 Å². The Morgan fingerprint density at radius 3 is 2.53 bits per heavy atom. The topological polar surface area (TPSA) is 149 Å². The second kappa shape index (κ2) is 11.8. The van der Waals surface area contributed by atoms with Gasteiger partial charge in [-0.25, -0.2) is 14.0 Å². The number of aromatic nitrogens is 2. The van der Waals surface area contributed by atoms with Gasteiger partial charge >= 0.3 is 11.7 Å². The number of methoxy groups -OCH3 is 2. The maximum atomic E-state index is 13.9. The molecule has 36 heavy (non-hydrogen) atoms. The molecule has 4 N–H and O–H groups in total. The highest BCUT2D eigenvalue weighted by atomic mass is 19.1. The number of nitrogens with one attached hydrogen (secondary N) is 2. The summed E-state index contributed by atoms with van der Waals surface area (Å²) in [5.74, 6) is -2.42. The smallest absolute Gasteiger partial charge is 0.340 e. The van der Waals surface area contributed by atoms with Crippen LogP contribution in [-0.2, 0) is 20.8 Å². The molecule has 3 rings (SSSR count). The van der Waals surface area contributed by atoms with Crippen LogP contribution in [0.2, 0.25) is 0 Å². The molecule has 0 saturated carbocycles. The lowest BCUT2D eigenvalue weighted by atomic mass is 10.2. The quantitative estimate of drug-likeness (QED) is 0.352. The number of nitrogens with zero attached hydrogens (tertiary/aromatic N) is 2. The van der Waals surface area contributed by atoms with E-state index in [2.05, 4.69) is 15.0 Å². The van der Waals surface area contributed by atoms with Crippen LogP contribution in [0, 0.1) is 5.82 Å². The number of amides is 1. The number of nitrogens with two attached hydrogens (primary N) is 1. The number of ether oxygens (including phenoxy) is 2. The molecule has 1 heterocycles. The summed E-state index contributed by atoms with van der Waals surface area (Å²) in [5.41, 5.74) is 5.20. The van der Waals surface area contributed by atoms with Gasteiger partial charge < -0.3 is 25.4 Å². The molecule has 0 radical (unpaired) electrons. The van der Waals surface area contributed by atoms with Gasteiger partial charge in [-0.15, -0.1) is 0 Å². The third-order valence-electron chi connectivity index (χ3n) is 5.30. The first kappa shape index (κ1) is 26.2. The summed E-state index contributed by atoms with van der Waals surface area (Å²) in [6.45, 7) is -0.228. The highest BCUT2D eigenvalue weighted by Gasteiger charge is 2.24. The van der Waals surface area contributed by atoms with Gasteiger partial charge in [0.05, 0.1) is 32.4 Å². The second-order valence-corrected chi connectivity index (χ2v) is 7.64. The molecule has 1 aromatic heterocycles. The largest absolute Gasteiger partial charge is 0.465 e. The van der Waals surface area contributed by atoms with E-state index in [4.69, 9.17) is 10.5 Å². The molecule has 11 nitrogen and oxygen atoms in total. The van der Waals surface area contributed by atoms with Crippen molar-refractivity contribution in [1.82, 2.24) is 9.55 Å². The fourth-order valence-electron chi connectivity index (χ4n) is 3.48. The third kappa shape index (κ3) is 5.96. The minimum atomic E-state index is -0.871. The first-order valence-electron chi connectivity index (χ1n) is 10.8. The van der Waals surface area contributed by atoms with E-state index < -0.39 is 28.9 Å². The van der Waals surface area contributed by atoms with Gasteiger partial charge in [-0.1, -0.05) is 30.3 Å². The maximum absolute atomic E-state index is 13.9. The van der Waals surface area contributed by atoms with Crippen molar-refractivity contribution in [2.75, 3.05) is 49.9 Å². The van der Waals surface area contributed by atoms with Crippen molar-refractivity contribution < 1.29 is 23.5 Å². The number of carbonyl (C=O) groups excluding carboxylic acids is 2. The zero-order valence-corrected chi connectivity index (χ0v) is 19.7. The summed E-state index contributed by atoms with van der Waals surface area (Å²) in [7, 11) is 2.55. The van der Waals surface area contributed by atoms with E-state index in [1.165, 1.54) is 19.2 Å². The van der Waals surface area contributed by atoms with Crippen LogP contribution in [-0.4, -0.2) is 55.3 Å². The molecule has 0 spiro atoms. The monoisotopic (exact) mass is 499 g/mol. The number of hydrogen-bond donors (Lipinski definition) is 3. The lowest BCUT2D eigenvalue weighted by Gasteiger charge is -2.24. The Morgan fingerprint density at radius 1 is 1.14 bits per heavy atom. The van der Waals surface area contributed by atoms with Crippen molar-refractivity contribution in [1.29, 1.82) is 0 Å². The van der Waals surface area contributed by atoms with Gasteiger partial charge in [0.2, 0.25) is 5.91 Å². The van der Waals surface area contributed by atoms with E-state index in [9.17, 15) is 23.6 Å². The Kier molecular flexibility index (Phi) is 8.57. The van der Waals surface area contributed by atoms with Crippen LogP contribution >= 0.6 is 0 Å². The number of hydrogen-bond acceptors (Lipinski definition) is 8. The number of rotatable bonds is 10. The van der Waals surface area contributed by atoms with Crippen molar-refractivity contribution >= 4 is 29.1 Å². The van der Waals surface area contributed by atoms with Crippen molar-refractivity contribution in [2.24, 2.45) is 0 Å². The molecule has 0 unspecified atom stereocenters. The van der Waals surface area contributed by atoms with Gasteiger partial charge in [-0.2, -0.15) is 0 Å². The third-order valence-corrected chi connectivity index (χ3v) is 5.30. The van der Waals surface area contributed by atoms with Crippen molar-refractivity contribution in [2.45, 2.75) is 6.54 Å². The molecule has 1 amide bonds. The number of carbonyl (C=O) groups is 2. The molecule has 3 aromatic rings. The van der Waals surface area contributed by atoms with E-state index in [1.807, 2.05) is 6.07 Å². The van der Waals surface area contributed by atoms with E-state index in [1.54, 1.807) is 24.3 Å². The number of H-pyrrole nitrogens is 1. The fourth-order valence-corrected chi connectivity index (χ4v) is 3.48. The number of anilines is 3. The molecular formula is C24H26FN5O6. The summed E-state index contributed by atoms with van der Waals surface area (Å²) >= 11 is 0. The van der Waals surface area contributed by atoms with Crippen LogP contribution in [0.3, 0.4) is 0 Å². The molecule has 0 bridgehead atoms. The van der Waals surface area contributed by atoms with Crippen LogP contribution in [0.5, 0.6) is 0 Å². The lowest BCUT2D eigenvalue weighted by Crippen LogP contribution is -2.44. The summed E-state index contributed by atoms with van der Waals surface area (Å²) in [5, 5.41) is 2.79. The van der Waals surface area contributed by atoms with Crippen LogP contribution in [0.4, 0.5) is 21.6 Å². The Hall–Kier alpha value is -4.45. The van der Waals surface area contributed by atoms with Gasteiger partial charge in [0.25, 0.3) is 5.56 Å². The Labute approximate surface area is 205 Å². The summed E-state index contributed by atoms with van der Waals surface area (Å²) in [4.78, 5) is 53.5. The highest BCUT2D eigenvalue weighted by molar-refractivity contribution is 5.98. The zero-order chi connectivity index (χ0) is 26.2. The average molecular weight is 499 g/mol. The fraction of sp³-hybridized carbons (Fsp3) is 0.250. The van der Waals surface area contributed by atoms with E-state index >= 15 is 0 Å². The Bertz CT molecular complexity index is 1360. The molecule has 0 aliphatic carbocycles. The molecule has 0 aliphatic heterocycles. The molecule has 0 saturated heterocycles. The predicted octanol–water partition coefficient (Wildman–Crippen LogP) is 1.18. The summed E-state index contributed by atoms with van der Waals surface area (Å²) < 4.78 is 24.7. The minimum absolute atomic E-state index is 0.0370. The van der Waals surface area contributed by atoms with Crippen LogP contribution < -0.4 is 27.2 Å². The first-order valence-corrected chi connectivity index (χ1v) is 10.8. The SMILES string of the molecule is COCCN(C(=O)CNc1ccc(F)c(C(=O)OC)c1)c1c(N)n(Cc2ccccc2)c(=O)[nH]c1=O. The number of benzene rings is 2. The van der Waals surface area contributed by atoms with Crippen molar-refractivity contribution in [3.8, 4) is 0 Å². The molecule has 2 aromatic carbocycles. The first-order chi connectivity index (χ1) is 17.3. The number of esters is 1. The van der Waals surface area contributed by atoms with E-state index in [0.717, 1.165) is 28.2 Å². The van der Waals surface area contributed by atoms with Gasteiger partial charge in [-0.05, 0) is 23.8 Å². The lowest BCUT2D eigenvalue weighted by molar-refractivity contribution is -0.117. The summed E-state index contributed by atoms with van der Waals surface area (Å²) in [6.07, 6.45) is 0. The van der Waals surface area contributed by atoms with Crippen LogP contribution in [0.15, 0.2) is 58.1 Å². The minimum Gasteiger partial charge on any atom is -0.465 e. The molecule has 190 valence electrons. The zero-order valence-electron chi connectivity index (χ0n) is 19.7. The normalized spacial score (nSPS) is 10.6. The Balaban J connectivity index is 1.91. The molecule has 0 fully saturated rings. The predicted molar refractivity (Wildman–Crippen MR) is 132 cm³/mol. The van der Waals surface area contributed by atoms with Crippen molar-refractivity contribution in [3.05, 3.63) is 86.3 Å². The van der Waals surface area contributed by atoms with Gasteiger partial charge in [0.15, 0.2) is 5.69 Å². The number of halogens is 1. The van der Waals surface area contributed by atoms with E-state index in [-0.39, 0.29) is 49.0 Å². The number of aromatic amines is 1. The highest BCUT2D eigenvalue weighted by Crippen LogP contribution is 2.19. The maximum Gasteiger partial charge on any atom is 0.340 e. The van der Waals surface area contributed by atoms with Crippen molar-refractivity contribution in [3.63, 3.8) is 0 Å². The second-order valence-electron chi connectivity index (χ2n) is 7.64. The van der Waals surface area contributed by atoms with Gasteiger partial charge in [0.1, 0.15) is 11.6 Å². The molecule has 12 heteroatoms. The summed E-state index contributed by atoms with van der Waals surface area (Å²) in [6, 6.07) is 12.6.